The van der Waals surface area contributed by atoms with E-state index in [9.17, 15) is 13.2 Å². The van der Waals surface area contributed by atoms with Crippen LogP contribution in [0.15, 0.2) is 41.4 Å². The fourth-order valence-corrected chi connectivity index (χ4v) is 4.56. The molecular formula is C20H22N2O5S. The van der Waals surface area contributed by atoms with Crippen LogP contribution in [0.5, 0.6) is 5.75 Å². The molecule has 1 aromatic heterocycles. The summed E-state index contributed by atoms with van der Waals surface area (Å²) in [4.78, 5) is 17.3. The number of carbonyl (C=O) groups is 1. The summed E-state index contributed by atoms with van der Waals surface area (Å²) in [6.45, 7) is 1.10. The van der Waals surface area contributed by atoms with Crippen LogP contribution < -0.4 is 4.74 Å². The number of pyridine rings is 1. The van der Waals surface area contributed by atoms with Gasteiger partial charge in [0.25, 0.3) is 0 Å². The van der Waals surface area contributed by atoms with Crippen molar-refractivity contribution >= 4 is 15.9 Å². The molecule has 8 heteroatoms. The van der Waals surface area contributed by atoms with E-state index in [1.807, 2.05) is 6.07 Å². The minimum atomic E-state index is -3.22. The predicted octanol–water partition coefficient (Wildman–Crippen LogP) is 2.85. The van der Waals surface area contributed by atoms with Crippen molar-refractivity contribution < 1.29 is 23.1 Å². The third kappa shape index (κ3) is 3.69. The molecule has 1 saturated heterocycles. The molecular weight excluding hydrogens is 380 g/mol. The van der Waals surface area contributed by atoms with Gasteiger partial charge in [-0.05, 0) is 37.0 Å². The zero-order chi connectivity index (χ0) is 19.9. The predicted molar refractivity (Wildman–Crippen MR) is 103 cm³/mol. The maximum absolute atomic E-state index is 11.6. The lowest BCUT2D eigenvalue weighted by atomic mass is 9.89. The third-order valence-electron chi connectivity index (χ3n) is 5.56. The molecule has 0 aliphatic carbocycles. The molecule has 1 atom stereocenters. The van der Waals surface area contributed by atoms with Crippen LogP contribution in [0.2, 0.25) is 0 Å². The highest BCUT2D eigenvalue weighted by atomic mass is 32.2. The molecule has 4 rings (SSSR count). The minimum absolute atomic E-state index is 0.0515. The number of sulfone groups is 1. The molecule has 1 aromatic carbocycles. The summed E-state index contributed by atoms with van der Waals surface area (Å²) < 4.78 is 29.3. The number of nitrogens with zero attached hydrogens (tertiary/aromatic N) is 2. The first kappa shape index (κ1) is 18.7. The molecule has 1 N–H and O–H groups in total. The normalized spacial score (nSPS) is 19.9. The Morgan fingerprint density at radius 1 is 1.21 bits per heavy atom. The van der Waals surface area contributed by atoms with Crippen molar-refractivity contribution in [2.24, 2.45) is 5.92 Å². The van der Waals surface area contributed by atoms with Crippen molar-refractivity contribution in [2.75, 3.05) is 19.3 Å². The number of rotatable bonds is 3. The maximum atomic E-state index is 11.6. The van der Waals surface area contributed by atoms with Crippen molar-refractivity contribution in [3.8, 4) is 17.0 Å². The highest BCUT2D eigenvalue weighted by Gasteiger charge is 2.34. The van der Waals surface area contributed by atoms with Crippen molar-refractivity contribution in [1.29, 1.82) is 0 Å². The van der Waals surface area contributed by atoms with Gasteiger partial charge in [0.15, 0.2) is 9.84 Å². The first-order valence-corrected chi connectivity index (χ1v) is 11.1. The summed E-state index contributed by atoms with van der Waals surface area (Å²) in [5.74, 6) is 1.11. The standard InChI is InChI=1S/C20H22N2O5S/c1-28(25,26)16-4-2-13(3-5-16)17-10-15-11-18(27-19(15)12-21-17)14-6-8-22(9-7-14)20(23)24/h2-5,10,12,14,18H,6-9,11H2,1H3,(H,23,24). The number of benzene rings is 1. The zero-order valence-corrected chi connectivity index (χ0v) is 16.4. The Kier molecular flexibility index (Phi) is 4.74. The van der Waals surface area contributed by atoms with Gasteiger partial charge in [-0.3, -0.25) is 4.98 Å². The first-order valence-electron chi connectivity index (χ1n) is 9.25. The summed E-state index contributed by atoms with van der Waals surface area (Å²) in [6.07, 6.45) is 4.50. The van der Waals surface area contributed by atoms with Gasteiger partial charge in [0, 0.05) is 36.9 Å². The highest BCUT2D eigenvalue weighted by molar-refractivity contribution is 7.90. The fraction of sp³-hybridized carbons (Fsp3) is 0.400. The van der Waals surface area contributed by atoms with Gasteiger partial charge in [-0.2, -0.15) is 0 Å². The number of amides is 1. The van der Waals surface area contributed by atoms with Crippen molar-refractivity contribution in [1.82, 2.24) is 9.88 Å². The van der Waals surface area contributed by atoms with E-state index in [4.69, 9.17) is 9.84 Å². The number of fused-ring (bicyclic) bond motifs is 1. The largest absolute Gasteiger partial charge is 0.488 e. The van der Waals surface area contributed by atoms with Gasteiger partial charge in [0.1, 0.15) is 11.9 Å². The monoisotopic (exact) mass is 402 g/mol. The van der Waals surface area contributed by atoms with E-state index in [2.05, 4.69) is 4.98 Å². The number of ether oxygens (including phenoxy) is 1. The van der Waals surface area contributed by atoms with Gasteiger partial charge in [0.2, 0.25) is 0 Å². The summed E-state index contributed by atoms with van der Waals surface area (Å²) in [7, 11) is -3.22. The van der Waals surface area contributed by atoms with E-state index in [0.29, 0.717) is 19.0 Å². The van der Waals surface area contributed by atoms with E-state index < -0.39 is 15.9 Å². The Hall–Kier alpha value is -2.61. The van der Waals surface area contributed by atoms with Gasteiger partial charge >= 0.3 is 6.09 Å². The lowest BCUT2D eigenvalue weighted by molar-refractivity contribution is 0.0834. The summed E-state index contributed by atoms with van der Waals surface area (Å²) in [6, 6.07) is 8.71. The number of aromatic nitrogens is 1. The Bertz CT molecular complexity index is 996. The van der Waals surface area contributed by atoms with Crippen molar-refractivity contribution in [2.45, 2.75) is 30.3 Å². The van der Waals surface area contributed by atoms with E-state index in [1.165, 1.54) is 11.2 Å². The Balaban J connectivity index is 1.47. The summed E-state index contributed by atoms with van der Waals surface area (Å²) in [5, 5.41) is 9.09. The molecule has 148 valence electrons. The van der Waals surface area contributed by atoms with Crippen LogP contribution in [-0.2, 0) is 16.3 Å². The fourth-order valence-electron chi connectivity index (χ4n) is 3.93. The molecule has 0 bridgehead atoms. The van der Waals surface area contributed by atoms with E-state index in [-0.39, 0.29) is 11.0 Å². The second kappa shape index (κ2) is 7.09. The topological polar surface area (TPSA) is 96.8 Å². The second-order valence-corrected chi connectivity index (χ2v) is 9.46. The second-order valence-electron chi connectivity index (χ2n) is 7.44. The molecule has 28 heavy (non-hydrogen) atoms. The van der Waals surface area contributed by atoms with Crippen LogP contribution >= 0.6 is 0 Å². The van der Waals surface area contributed by atoms with Gasteiger partial charge in [-0.25, -0.2) is 13.2 Å². The van der Waals surface area contributed by atoms with Crippen molar-refractivity contribution in [3.05, 3.63) is 42.1 Å². The van der Waals surface area contributed by atoms with Crippen LogP contribution in [0, 0.1) is 5.92 Å². The number of piperidine rings is 1. The quantitative estimate of drug-likeness (QED) is 0.848. The molecule has 1 amide bonds. The maximum Gasteiger partial charge on any atom is 0.407 e. The van der Waals surface area contributed by atoms with Gasteiger partial charge in [-0.1, -0.05) is 12.1 Å². The Labute approximate surface area is 163 Å². The lowest BCUT2D eigenvalue weighted by Crippen LogP contribution is -2.41. The molecule has 2 aliphatic heterocycles. The van der Waals surface area contributed by atoms with Crippen LogP contribution in [0.3, 0.4) is 0 Å². The van der Waals surface area contributed by atoms with E-state index in [1.54, 1.807) is 30.5 Å². The molecule has 3 heterocycles. The van der Waals surface area contributed by atoms with E-state index >= 15 is 0 Å². The molecule has 0 radical (unpaired) electrons. The molecule has 1 unspecified atom stereocenters. The number of carboxylic acid groups (broad SMARTS) is 1. The number of likely N-dealkylation sites (tertiary alicyclic amines) is 1. The zero-order valence-electron chi connectivity index (χ0n) is 15.5. The molecule has 0 saturated carbocycles. The SMILES string of the molecule is CS(=O)(=O)c1ccc(-c2cc3c(cn2)OC(C2CCN(C(=O)O)CC2)C3)cc1. The summed E-state index contributed by atoms with van der Waals surface area (Å²) in [5.41, 5.74) is 2.72. The molecule has 2 aromatic rings. The molecule has 1 fully saturated rings. The molecule has 2 aliphatic rings. The number of hydrogen-bond donors (Lipinski definition) is 1. The molecule has 7 nitrogen and oxygen atoms in total. The average molecular weight is 402 g/mol. The van der Waals surface area contributed by atoms with Gasteiger partial charge < -0.3 is 14.7 Å². The molecule has 0 spiro atoms. The highest BCUT2D eigenvalue weighted by Crippen LogP contribution is 2.36. The average Bonchev–Trinajstić information content (AvgIpc) is 3.11. The van der Waals surface area contributed by atoms with Gasteiger partial charge in [0.05, 0.1) is 16.8 Å². The first-order chi connectivity index (χ1) is 13.3. The Morgan fingerprint density at radius 2 is 1.89 bits per heavy atom. The van der Waals surface area contributed by atoms with Crippen LogP contribution in [0.25, 0.3) is 11.3 Å². The Morgan fingerprint density at radius 3 is 2.50 bits per heavy atom. The van der Waals surface area contributed by atoms with Crippen LogP contribution in [0.4, 0.5) is 4.79 Å². The third-order valence-corrected chi connectivity index (χ3v) is 6.69. The van der Waals surface area contributed by atoms with Crippen LogP contribution in [-0.4, -0.2) is 55.0 Å². The van der Waals surface area contributed by atoms with Crippen LogP contribution in [0.1, 0.15) is 18.4 Å². The minimum Gasteiger partial charge on any atom is -0.488 e. The number of hydrogen-bond acceptors (Lipinski definition) is 5. The lowest BCUT2D eigenvalue weighted by Gasteiger charge is -2.32. The van der Waals surface area contributed by atoms with Crippen molar-refractivity contribution in [3.63, 3.8) is 0 Å². The van der Waals surface area contributed by atoms with Gasteiger partial charge in [-0.15, -0.1) is 0 Å². The van der Waals surface area contributed by atoms with E-state index in [0.717, 1.165) is 41.8 Å². The smallest absolute Gasteiger partial charge is 0.407 e. The summed E-state index contributed by atoms with van der Waals surface area (Å²) >= 11 is 0.